The maximum absolute atomic E-state index is 12.5. The molecule has 2 aromatic heterocycles. The molecule has 0 aromatic carbocycles. The molecule has 1 saturated heterocycles. The second-order valence-electron chi connectivity index (χ2n) is 5.04. The molecule has 0 bridgehead atoms. The maximum Gasteiger partial charge on any atom is 0.292 e. The van der Waals surface area contributed by atoms with Crippen molar-refractivity contribution in [3.05, 3.63) is 48.6 Å². The Morgan fingerprint density at radius 2 is 2.09 bits per heavy atom. The summed E-state index contributed by atoms with van der Waals surface area (Å²) in [4.78, 5) is 30.7. The second-order valence-corrected chi connectivity index (χ2v) is 5.04. The van der Waals surface area contributed by atoms with Crippen LogP contribution in [0.2, 0.25) is 0 Å². The highest BCUT2D eigenvalue weighted by Gasteiger charge is 2.29. The van der Waals surface area contributed by atoms with E-state index in [1.165, 1.54) is 0 Å². The largest absolute Gasteiger partial charge is 0.377 e. The first-order valence-electron chi connectivity index (χ1n) is 7.25. The van der Waals surface area contributed by atoms with E-state index in [-0.39, 0.29) is 17.8 Å². The number of hydrogen-bond acceptors (Lipinski definition) is 6. The Kier molecular flexibility index (Phi) is 4.65. The lowest BCUT2D eigenvalue weighted by molar-refractivity contribution is -0.00477. The fourth-order valence-corrected chi connectivity index (χ4v) is 2.47. The quantitative estimate of drug-likeness (QED) is 0.828. The van der Waals surface area contributed by atoms with Crippen molar-refractivity contribution >= 4 is 5.91 Å². The van der Waals surface area contributed by atoms with Gasteiger partial charge in [-0.2, -0.15) is 0 Å². The van der Waals surface area contributed by atoms with Crippen molar-refractivity contribution < 1.29 is 9.53 Å². The standard InChI is InChI=1S/C15H17N5O2/c21-15(14-18-4-1-5-19-14)20-8-9-22-11-13(20)3-2-12-10-16-6-7-17-12/h1,4-7,10,13H,2-3,8-9,11H2. The van der Waals surface area contributed by atoms with E-state index in [9.17, 15) is 4.79 Å². The molecular weight excluding hydrogens is 282 g/mol. The molecule has 0 spiro atoms. The third kappa shape index (κ3) is 3.43. The molecule has 1 fully saturated rings. The lowest BCUT2D eigenvalue weighted by Gasteiger charge is -2.35. The molecule has 7 nitrogen and oxygen atoms in total. The van der Waals surface area contributed by atoms with Crippen LogP contribution in [0.25, 0.3) is 0 Å². The smallest absolute Gasteiger partial charge is 0.292 e. The Hall–Kier alpha value is -2.41. The van der Waals surface area contributed by atoms with Gasteiger partial charge in [-0.25, -0.2) is 9.97 Å². The first-order chi connectivity index (χ1) is 10.8. The zero-order chi connectivity index (χ0) is 15.2. The van der Waals surface area contributed by atoms with Gasteiger partial charge in [0.15, 0.2) is 0 Å². The highest BCUT2D eigenvalue weighted by atomic mass is 16.5. The molecule has 1 atom stereocenters. The zero-order valence-electron chi connectivity index (χ0n) is 12.1. The van der Waals surface area contributed by atoms with Crippen LogP contribution in [-0.2, 0) is 11.2 Å². The zero-order valence-corrected chi connectivity index (χ0v) is 12.1. The molecule has 22 heavy (non-hydrogen) atoms. The van der Waals surface area contributed by atoms with Gasteiger partial charge in [0.2, 0.25) is 5.82 Å². The summed E-state index contributed by atoms with van der Waals surface area (Å²) in [6.07, 6.45) is 9.75. The minimum absolute atomic E-state index is 0.00654. The van der Waals surface area contributed by atoms with Crippen LogP contribution >= 0.6 is 0 Å². The molecule has 0 aliphatic carbocycles. The second kappa shape index (κ2) is 7.04. The van der Waals surface area contributed by atoms with Crippen LogP contribution in [0.1, 0.15) is 22.7 Å². The summed E-state index contributed by atoms with van der Waals surface area (Å²) in [5.41, 5.74) is 0.913. The first kappa shape index (κ1) is 14.5. The maximum atomic E-state index is 12.5. The molecule has 2 aromatic rings. The van der Waals surface area contributed by atoms with Crippen LogP contribution in [0, 0.1) is 0 Å². The lowest BCUT2D eigenvalue weighted by atomic mass is 10.1. The summed E-state index contributed by atoms with van der Waals surface area (Å²) in [7, 11) is 0. The van der Waals surface area contributed by atoms with E-state index in [4.69, 9.17) is 4.74 Å². The van der Waals surface area contributed by atoms with Crippen molar-refractivity contribution in [3.8, 4) is 0 Å². The molecule has 1 aliphatic rings. The van der Waals surface area contributed by atoms with Gasteiger partial charge in [-0.15, -0.1) is 0 Å². The molecular formula is C15H17N5O2. The van der Waals surface area contributed by atoms with Crippen molar-refractivity contribution in [1.29, 1.82) is 0 Å². The molecule has 1 unspecified atom stereocenters. The predicted molar refractivity (Wildman–Crippen MR) is 78.0 cm³/mol. The average molecular weight is 299 g/mol. The Labute approximate surface area is 128 Å². The van der Waals surface area contributed by atoms with E-state index >= 15 is 0 Å². The summed E-state index contributed by atoms with van der Waals surface area (Å²) in [6.45, 7) is 1.63. The summed E-state index contributed by atoms with van der Waals surface area (Å²) in [5, 5.41) is 0. The summed E-state index contributed by atoms with van der Waals surface area (Å²) < 4.78 is 5.52. The van der Waals surface area contributed by atoms with Crippen molar-refractivity contribution in [2.45, 2.75) is 18.9 Å². The Morgan fingerprint density at radius 3 is 2.86 bits per heavy atom. The summed E-state index contributed by atoms with van der Waals surface area (Å²) in [6, 6.07) is 1.70. The van der Waals surface area contributed by atoms with Gasteiger partial charge in [-0.1, -0.05) is 0 Å². The van der Waals surface area contributed by atoms with Gasteiger partial charge in [-0.3, -0.25) is 14.8 Å². The number of carbonyl (C=O) groups excluding carboxylic acids is 1. The highest BCUT2D eigenvalue weighted by Crippen LogP contribution is 2.15. The molecule has 0 N–H and O–H groups in total. The van der Waals surface area contributed by atoms with E-state index in [0.717, 1.165) is 18.5 Å². The number of ether oxygens (including phenoxy) is 1. The monoisotopic (exact) mass is 299 g/mol. The van der Waals surface area contributed by atoms with Gasteiger partial charge in [0, 0.05) is 37.5 Å². The van der Waals surface area contributed by atoms with E-state index in [2.05, 4.69) is 19.9 Å². The van der Waals surface area contributed by atoms with Crippen molar-refractivity contribution in [2.24, 2.45) is 0 Å². The van der Waals surface area contributed by atoms with Gasteiger partial charge >= 0.3 is 0 Å². The van der Waals surface area contributed by atoms with Crippen molar-refractivity contribution in [3.63, 3.8) is 0 Å². The van der Waals surface area contributed by atoms with Gasteiger partial charge in [0.1, 0.15) is 0 Å². The molecule has 3 rings (SSSR count). The normalized spacial score (nSPS) is 18.2. The summed E-state index contributed by atoms with van der Waals surface area (Å²) in [5.74, 6) is 0.0851. The van der Waals surface area contributed by atoms with Gasteiger partial charge in [-0.05, 0) is 18.9 Å². The van der Waals surface area contributed by atoms with E-state index < -0.39 is 0 Å². The third-order valence-electron chi connectivity index (χ3n) is 3.60. The number of rotatable bonds is 4. The Balaban J connectivity index is 1.67. The molecule has 0 radical (unpaired) electrons. The highest BCUT2D eigenvalue weighted by molar-refractivity contribution is 5.90. The van der Waals surface area contributed by atoms with Crippen LogP contribution in [0.5, 0.6) is 0 Å². The number of aryl methyl sites for hydroxylation is 1. The van der Waals surface area contributed by atoms with Gasteiger partial charge in [0.05, 0.1) is 24.9 Å². The predicted octanol–water partition coefficient (Wildman–Crippen LogP) is 0.740. The molecule has 114 valence electrons. The number of nitrogens with zero attached hydrogens (tertiary/aromatic N) is 5. The Bertz CT molecular complexity index is 608. The minimum atomic E-state index is -0.145. The number of carbonyl (C=O) groups is 1. The molecule has 7 heteroatoms. The van der Waals surface area contributed by atoms with Crippen molar-refractivity contribution in [1.82, 2.24) is 24.8 Å². The summed E-state index contributed by atoms with van der Waals surface area (Å²) >= 11 is 0. The van der Waals surface area contributed by atoms with E-state index in [1.54, 1.807) is 42.0 Å². The Morgan fingerprint density at radius 1 is 1.23 bits per heavy atom. The van der Waals surface area contributed by atoms with E-state index in [1.807, 2.05) is 0 Å². The molecule has 3 heterocycles. The SMILES string of the molecule is O=C(c1ncccn1)N1CCOCC1CCc1cnccn1. The fourth-order valence-electron chi connectivity index (χ4n) is 2.47. The number of amides is 1. The van der Waals surface area contributed by atoms with Crippen LogP contribution in [0.4, 0.5) is 0 Å². The number of morpholine rings is 1. The molecule has 1 aliphatic heterocycles. The van der Waals surface area contributed by atoms with Gasteiger partial charge < -0.3 is 9.64 Å². The van der Waals surface area contributed by atoms with Gasteiger partial charge in [0.25, 0.3) is 5.91 Å². The minimum Gasteiger partial charge on any atom is -0.377 e. The number of hydrogen-bond donors (Lipinski definition) is 0. The molecule has 0 saturated carbocycles. The first-order valence-corrected chi connectivity index (χ1v) is 7.25. The van der Waals surface area contributed by atoms with Crippen LogP contribution < -0.4 is 0 Å². The fraction of sp³-hybridized carbons (Fsp3) is 0.400. The van der Waals surface area contributed by atoms with Crippen LogP contribution in [0.15, 0.2) is 37.1 Å². The topological polar surface area (TPSA) is 81.1 Å². The lowest BCUT2D eigenvalue weighted by Crippen LogP contribution is -2.49. The average Bonchev–Trinajstić information content (AvgIpc) is 2.61. The van der Waals surface area contributed by atoms with E-state index in [0.29, 0.717) is 19.8 Å². The van der Waals surface area contributed by atoms with Crippen molar-refractivity contribution in [2.75, 3.05) is 19.8 Å². The number of aromatic nitrogens is 4. The van der Waals surface area contributed by atoms with Crippen LogP contribution in [0.3, 0.4) is 0 Å². The third-order valence-corrected chi connectivity index (χ3v) is 3.60. The van der Waals surface area contributed by atoms with Crippen LogP contribution in [-0.4, -0.2) is 56.5 Å². The molecule has 1 amide bonds.